The smallest absolute Gasteiger partial charge is 0.0514 e. The normalized spacial score (nSPS) is 12.2. The van der Waals surface area contributed by atoms with E-state index in [-0.39, 0.29) is 0 Å². The lowest BCUT2D eigenvalue weighted by Crippen LogP contribution is -2.11. The lowest BCUT2D eigenvalue weighted by molar-refractivity contribution is 0.677. The Morgan fingerprint density at radius 1 is 1.11 bits per heavy atom. The molecular formula is C17H20BrN. The van der Waals surface area contributed by atoms with E-state index in [2.05, 4.69) is 83.6 Å². The number of rotatable bonds is 5. The Morgan fingerprint density at radius 3 is 2.53 bits per heavy atom. The Balaban J connectivity index is 2.24. The number of anilines is 1. The van der Waals surface area contributed by atoms with E-state index in [0.717, 1.165) is 17.3 Å². The van der Waals surface area contributed by atoms with Crippen molar-refractivity contribution in [3.05, 3.63) is 64.1 Å². The molecular weight excluding hydrogens is 298 g/mol. The highest BCUT2D eigenvalue weighted by atomic mass is 79.9. The van der Waals surface area contributed by atoms with Crippen LogP contribution in [-0.4, -0.2) is 0 Å². The van der Waals surface area contributed by atoms with Gasteiger partial charge in [-0.3, -0.25) is 0 Å². The molecule has 0 heterocycles. The Hall–Kier alpha value is -1.28. The van der Waals surface area contributed by atoms with Crippen molar-refractivity contribution in [1.82, 2.24) is 0 Å². The summed E-state index contributed by atoms with van der Waals surface area (Å²) in [6.45, 7) is 4.35. The van der Waals surface area contributed by atoms with Gasteiger partial charge in [0, 0.05) is 10.2 Å². The van der Waals surface area contributed by atoms with Crippen LogP contribution in [0.3, 0.4) is 0 Å². The first-order valence-electron chi connectivity index (χ1n) is 6.78. The van der Waals surface area contributed by atoms with E-state index in [1.165, 1.54) is 16.8 Å². The molecule has 0 saturated carbocycles. The highest BCUT2D eigenvalue weighted by molar-refractivity contribution is 9.10. The minimum atomic E-state index is 0.365. The summed E-state index contributed by atoms with van der Waals surface area (Å²) in [5.74, 6) is 0. The highest BCUT2D eigenvalue weighted by Gasteiger charge is 2.11. The van der Waals surface area contributed by atoms with Crippen LogP contribution in [-0.2, 0) is 0 Å². The summed E-state index contributed by atoms with van der Waals surface area (Å²) < 4.78 is 1.12. The van der Waals surface area contributed by atoms with Crippen LogP contribution in [0, 0.1) is 6.92 Å². The van der Waals surface area contributed by atoms with Gasteiger partial charge in [0.15, 0.2) is 0 Å². The molecule has 1 unspecified atom stereocenters. The summed E-state index contributed by atoms with van der Waals surface area (Å²) in [7, 11) is 0. The molecule has 19 heavy (non-hydrogen) atoms. The van der Waals surface area contributed by atoms with Crippen LogP contribution in [0.1, 0.15) is 36.9 Å². The molecule has 0 aliphatic carbocycles. The molecule has 0 aromatic heterocycles. The molecule has 0 saturated heterocycles. The van der Waals surface area contributed by atoms with Gasteiger partial charge < -0.3 is 5.32 Å². The molecule has 1 nitrogen and oxygen atoms in total. The maximum Gasteiger partial charge on any atom is 0.0514 e. The van der Waals surface area contributed by atoms with E-state index < -0.39 is 0 Å². The maximum absolute atomic E-state index is 3.66. The van der Waals surface area contributed by atoms with Crippen molar-refractivity contribution in [3.63, 3.8) is 0 Å². The summed E-state index contributed by atoms with van der Waals surface area (Å²) >= 11 is 3.62. The number of benzene rings is 2. The minimum absolute atomic E-state index is 0.365. The van der Waals surface area contributed by atoms with Crippen molar-refractivity contribution in [2.45, 2.75) is 32.7 Å². The zero-order valence-corrected chi connectivity index (χ0v) is 13.1. The molecule has 0 radical (unpaired) electrons. The number of hydrogen-bond acceptors (Lipinski definition) is 1. The first-order valence-corrected chi connectivity index (χ1v) is 7.57. The monoisotopic (exact) mass is 317 g/mol. The molecule has 1 atom stereocenters. The molecule has 0 amide bonds. The van der Waals surface area contributed by atoms with Gasteiger partial charge >= 0.3 is 0 Å². The molecule has 2 heteroatoms. The van der Waals surface area contributed by atoms with Crippen LogP contribution >= 0.6 is 15.9 Å². The topological polar surface area (TPSA) is 12.0 Å². The standard InChI is InChI=1S/C17H20BrN/c1-3-7-16(14-8-5-4-6-9-14)19-17-12-13(2)10-11-15(17)18/h4-6,8-12,16,19H,3,7H2,1-2H3. The summed E-state index contributed by atoms with van der Waals surface area (Å²) in [6.07, 6.45) is 2.29. The largest absolute Gasteiger partial charge is 0.377 e. The van der Waals surface area contributed by atoms with Gasteiger partial charge in [-0.15, -0.1) is 0 Å². The van der Waals surface area contributed by atoms with E-state index >= 15 is 0 Å². The number of hydrogen-bond donors (Lipinski definition) is 1. The van der Waals surface area contributed by atoms with Crippen LogP contribution in [0.25, 0.3) is 0 Å². The van der Waals surface area contributed by atoms with Crippen molar-refractivity contribution in [2.75, 3.05) is 5.32 Å². The molecule has 0 aliphatic heterocycles. The van der Waals surface area contributed by atoms with Crippen LogP contribution in [0.5, 0.6) is 0 Å². The molecule has 0 aliphatic rings. The molecule has 2 rings (SSSR count). The molecule has 1 N–H and O–H groups in total. The molecule has 2 aromatic rings. The Labute approximate surface area is 124 Å². The van der Waals surface area contributed by atoms with Crippen molar-refractivity contribution < 1.29 is 0 Å². The molecule has 100 valence electrons. The fraction of sp³-hybridized carbons (Fsp3) is 0.294. The summed E-state index contributed by atoms with van der Waals surface area (Å²) in [6, 6.07) is 17.4. The fourth-order valence-electron chi connectivity index (χ4n) is 2.23. The number of aryl methyl sites for hydroxylation is 1. The van der Waals surface area contributed by atoms with E-state index in [1.54, 1.807) is 0 Å². The fourth-order valence-corrected chi connectivity index (χ4v) is 2.59. The predicted molar refractivity (Wildman–Crippen MR) is 86.6 cm³/mol. The zero-order valence-electron chi connectivity index (χ0n) is 11.5. The first kappa shape index (κ1) is 14.1. The zero-order chi connectivity index (χ0) is 13.7. The lowest BCUT2D eigenvalue weighted by Gasteiger charge is -2.21. The van der Waals surface area contributed by atoms with E-state index in [0.29, 0.717) is 6.04 Å². The van der Waals surface area contributed by atoms with E-state index in [4.69, 9.17) is 0 Å². The second-order valence-electron chi connectivity index (χ2n) is 4.88. The minimum Gasteiger partial charge on any atom is -0.377 e. The van der Waals surface area contributed by atoms with Gasteiger partial charge in [-0.05, 0) is 52.5 Å². The third-order valence-corrected chi connectivity index (χ3v) is 3.92. The predicted octanol–water partition coefficient (Wildman–Crippen LogP) is 5.71. The van der Waals surface area contributed by atoms with Gasteiger partial charge in [0.2, 0.25) is 0 Å². The van der Waals surface area contributed by atoms with Crippen LogP contribution in [0.15, 0.2) is 53.0 Å². The Kier molecular flexibility index (Phi) is 5.03. The van der Waals surface area contributed by atoms with Gasteiger partial charge in [0.1, 0.15) is 0 Å². The van der Waals surface area contributed by atoms with Gasteiger partial charge in [0.25, 0.3) is 0 Å². The molecule has 0 bridgehead atoms. The van der Waals surface area contributed by atoms with Crippen molar-refractivity contribution in [2.24, 2.45) is 0 Å². The summed E-state index contributed by atoms with van der Waals surface area (Å²) in [5.41, 5.74) is 3.79. The highest BCUT2D eigenvalue weighted by Crippen LogP contribution is 2.29. The first-order chi connectivity index (χ1) is 9.20. The number of nitrogens with one attached hydrogen (secondary N) is 1. The quantitative estimate of drug-likeness (QED) is 0.744. The molecule has 2 aromatic carbocycles. The average molecular weight is 318 g/mol. The van der Waals surface area contributed by atoms with Gasteiger partial charge in [0.05, 0.1) is 6.04 Å². The molecule has 0 spiro atoms. The van der Waals surface area contributed by atoms with Crippen LogP contribution < -0.4 is 5.32 Å². The van der Waals surface area contributed by atoms with Crippen LogP contribution in [0.2, 0.25) is 0 Å². The third-order valence-electron chi connectivity index (χ3n) is 3.23. The number of halogens is 1. The van der Waals surface area contributed by atoms with E-state index in [9.17, 15) is 0 Å². The lowest BCUT2D eigenvalue weighted by atomic mass is 10.0. The Morgan fingerprint density at radius 2 is 1.84 bits per heavy atom. The summed E-state index contributed by atoms with van der Waals surface area (Å²) in [4.78, 5) is 0. The summed E-state index contributed by atoms with van der Waals surface area (Å²) in [5, 5.41) is 3.66. The van der Waals surface area contributed by atoms with Gasteiger partial charge in [-0.25, -0.2) is 0 Å². The maximum atomic E-state index is 3.66. The second kappa shape index (κ2) is 6.76. The van der Waals surface area contributed by atoms with Crippen molar-refractivity contribution in [3.8, 4) is 0 Å². The van der Waals surface area contributed by atoms with Gasteiger partial charge in [-0.2, -0.15) is 0 Å². The van der Waals surface area contributed by atoms with Gasteiger partial charge in [-0.1, -0.05) is 49.7 Å². The Bertz CT molecular complexity index is 522. The average Bonchev–Trinajstić information content (AvgIpc) is 2.43. The van der Waals surface area contributed by atoms with Crippen molar-refractivity contribution >= 4 is 21.6 Å². The third kappa shape index (κ3) is 3.84. The SMILES string of the molecule is CCCC(Nc1cc(C)ccc1Br)c1ccccc1. The molecule has 0 fully saturated rings. The van der Waals surface area contributed by atoms with E-state index in [1.807, 2.05) is 0 Å². The van der Waals surface area contributed by atoms with Crippen molar-refractivity contribution in [1.29, 1.82) is 0 Å². The van der Waals surface area contributed by atoms with Crippen LogP contribution in [0.4, 0.5) is 5.69 Å². The second-order valence-corrected chi connectivity index (χ2v) is 5.73.